The minimum absolute atomic E-state index is 0.118. The van der Waals surface area contributed by atoms with Crippen molar-refractivity contribution < 1.29 is 4.79 Å². The second kappa shape index (κ2) is 6.52. The van der Waals surface area contributed by atoms with E-state index in [0.717, 1.165) is 22.5 Å². The fourth-order valence-electron chi connectivity index (χ4n) is 4.59. The molecule has 1 aliphatic heterocycles. The van der Waals surface area contributed by atoms with Crippen molar-refractivity contribution in [3.8, 4) is 0 Å². The largest absolute Gasteiger partial charge is 0.325 e. The van der Waals surface area contributed by atoms with Gasteiger partial charge in [0.2, 0.25) is 5.91 Å². The first kappa shape index (κ1) is 17.8. The molecule has 4 heteroatoms. The van der Waals surface area contributed by atoms with E-state index in [-0.39, 0.29) is 11.8 Å². The van der Waals surface area contributed by atoms with Crippen LogP contribution in [0.2, 0.25) is 0 Å². The molecule has 2 aromatic carbocycles. The maximum atomic E-state index is 12.9. The van der Waals surface area contributed by atoms with E-state index in [1.165, 1.54) is 16.7 Å². The van der Waals surface area contributed by atoms with E-state index in [4.69, 9.17) is 4.98 Å². The lowest BCUT2D eigenvalue weighted by Crippen LogP contribution is -2.26. The van der Waals surface area contributed by atoms with Crippen molar-refractivity contribution >= 4 is 22.6 Å². The number of hydrogen-bond acceptors (Lipinski definition) is 2. The summed E-state index contributed by atoms with van der Waals surface area (Å²) in [5.74, 6) is 1.34. The molecule has 3 aromatic rings. The van der Waals surface area contributed by atoms with Gasteiger partial charge in [0.1, 0.15) is 5.82 Å². The number of nitrogens with zero attached hydrogens (tertiary/aromatic N) is 3. The van der Waals surface area contributed by atoms with Crippen molar-refractivity contribution in [1.29, 1.82) is 0 Å². The standard InChI is InChI=1S/C23H27N3O/c1-14(2)26-20-9-7-6-8-19(20)24-23(26)18-12-21(27)25(13-18)22-16(4)10-15(3)11-17(22)5/h6-11,14,18H,12-13H2,1-5H3. The number of carbonyl (C=O) groups is 1. The molecule has 1 saturated heterocycles. The maximum Gasteiger partial charge on any atom is 0.227 e. The van der Waals surface area contributed by atoms with Crippen LogP contribution in [0.4, 0.5) is 5.69 Å². The fraction of sp³-hybridized carbons (Fsp3) is 0.391. The Kier molecular flexibility index (Phi) is 4.29. The Labute approximate surface area is 160 Å². The van der Waals surface area contributed by atoms with Crippen molar-refractivity contribution in [3.05, 3.63) is 58.9 Å². The molecular weight excluding hydrogens is 334 g/mol. The smallest absolute Gasteiger partial charge is 0.227 e. The number of imidazole rings is 1. The molecule has 27 heavy (non-hydrogen) atoms. The van der Waals surface area contributed by atoms with Crippen molar-refractivity contribution in [1.82, 2.24) is 9.55 Å². The third-order valence-electron chi connectivity index (χ3n) is 5.53. The van der Waals surface area contributed by atoms with Crippen LogP contribution in [0.1, 0.15) is 54.7 Å². The van der Waals surface area contributed by atoms with E-state index in [0.29, 0.717) is 19.0 Å². The molecule has 140 valence electrons. The average molecular weight is 361 g/mol. The molecule has 1 amide bonds. The van der Waals surface area contributed by atoms with Gasteiger partial charge in [-0.3, -0.25) is 4.79 Å². The minimum atomic E-state index is 0.118. The van der Waals surface area contributed by atoms with Gasteiger partial charge in [0.25, 0.3) is 0 Å². The molecule has 2 heterocycles. The van der Waals surface area contributed by atoms with Crippen LogP contribution >= 0.6 is 0 Å². The Bertz CT molecular complexity index is 1010. The normalized spacial score (nSPS) is 17.5. The van der Waals surface area contributed by atoms with Crippen LogP contribution in [0.25, 0.3) is 11.0 Å². The second-order valence-corrected chi connectivity index (χ2v) is 8.08. The highest BCUT2D eigenvalue weighted by atomic mass is 16.2. The van der Waals surface area contributed by atoms with Gasteiger partial charge in [0.05, 0.1) is 11.0 Å². The third-order valence-corrected chi connectivity index (χ3v) is 5.53. The molecule has 1 atom stereocenters. The maximum absolute atomic E-state index is 12.9. The average Bonchev–Trinajstić information content (AvgIpc) is 3.15. The summed E-state index contributed by atoms with van der Waals surface area (Å²) in [5.41, 5.74) is 6.79. The summed E-state index contributed by atoms with van der Waals surface area (Å²) >= 11 is 0. The van der Waals surface area contributed by atoms with E-state index in [2.05, 4.69) is 69.5 Å². The third kappa shape index (κ3) is 2.93. The second-order valence-electron chi connectivity index (χ2n) is 8.08. The Morgan fingerprint density at radius 2 is 1.74 bits per heavy atom. The van der Waals surface area contributed by atoms with E-state index in [9.17, 15) is 4.79 Å². The molecule has 1 aromatic heterocycles. The zero-order valence-corrected chi connectivity index (χ0v) is 16.8. The lowest BCUT2D eigenvalue weighted by molar-refractivity contribution is -0.117. The van der Waals surface area contributed by atoms with Gasteiger partial charge < -0.3 is 9.47 Å². The summed E-state index contributed by atoms with van der Waals surface area (Å²) in [6.07, 6.45) is 0.517. The van der Waals surface area contributed by atoms with Crippen molar-refractivity contribution in [2.24, 2.45) is 0 Å². The Morgan fingerprint density at radius 1 is 1.07 bits per heavy atom. The van der Waals surface area contributed by atoms with Gasteiger partial charge >= 0.3 is 0 Å². The molecule has 1 unspecified atom stereocenters. The van der Waals surface area contributed by atoms with Crippen LogP contribution in [0.15, 0.2) is 36.4 Å². The Balaban J connectivity index is 1.76. The van der Waals surface area contributed by atoms with Crippen LogP contribution < -0.4 is 4.90 Å². The van der Waals surface area contributed by atoms with E-state index < -0.39 is 0 Å². The lowest BCUT2D eigenvalue weighted by atomic mass is 10.0. The highest BCUT2D eigenvalue weighted by Crippen LogP contribution is 2.37. The SMILES string of the molecule is Cc1cc(C)c(N2CC(c3nc4ccccc4n3C(C)C)CC2=O)c(C)c1. The number of aryl methyl sites for hydroxylation is 3. The number of rotatable bonds is 3. The van der Waals surface area contributed by atoms with Crippen LogP contribution in [-0.2, 0) is 4.79 Å². The number of amides is 1. The Hall–Kier alpha value is -2.62. The monoisotopic (exact) mass is 361 g/mol. The molecule has 4 nitrogen and oxygen atoms in total. The highest BCUT2D eigenvalue weighted by molar-refractivity contribution is 5.98. The summed E-state index contributed by atoms with van der Waals surface area (Å²) in [5, 5.41) is 0. The number of hydrogen-bond donors (Lipinski definition) is 0. The molecule has 0 aliphatic carbocycles. The summed E-state index contributed by atoms with van der Waals surface area (Å²) in [4.78, 5) is 19.8. The first-order valence-electron chi connectivity index (χ1n) is 9.72. The number of para-hydroxylation sites is 2. The summed E-state index contributed by atoms with van der Waals surface area (Å²) in [7, 11) is 0. The zero-order chi connectivity index (χ0) is 19.3. The number of aromatic nitrogens is 2. The summed E-state index contributed by atoms with van der Waals surface area (Å²) in [6, 6.07) is 12.9. The molecule has 1 fully saturated rings. The molecule has 4 rings (SSSR count). The van der Waals surface area contributed by atoms with Gasteiger partial charge in [-0.15, -0.1) is 0 Å². The van der Waals surface area contributed by atoms with Gasteiger partial charge in [0, 0.05) is 30.6 Å². The van der Waals surface area contributed by atoms with Crippen molar-refractivity contribution in [2.45, 2.75) is 53.0 Å². The van der Waals surface area contributed by atoms with E-state index in [1.807, 2.05) is 11.0 Å². The first-order valence-corrected chi connectivity index (χ1v) is 9.72. The number of anilines is 1. The van der Waals surface area contributed by atoms with E-state index >= 15 is 0 Å². The van der Waals surface area contributed by atoms with Crippen LogP contribution in [0.3, 0.4) is 0 Å². The van der Waals surface area contributed by atoms with Gasteiger partial charge in [-0.2, -0.15) is 0 Å². The van der Waals surface area contributed by atoms with Gasteiger partial charge in [-0.05, 0) is 57.9 Å². The number of carbonyl (C=O) groups excluding carboxylic acids is 1. The summed E-state index contributed by atoms with van der Waals surface area (Å²) < 4.78 is 2.30. The molecule has 0 N–H and O–H groups in total. The quantitative estimate of drug-likeness (QED) is 0.654. The highest BCUT2D eigenvalue weighted by Gasteiger charge is 2.36. The van der Waals surface area contributed by atoms with Crippen molar-refractivity contribution in [3.63, 3.8) is 0 Å². The van der Waals surface area contributed by atoms with Crippen LogP contribution in [0, 0.1) is 20.8 Å². The van der Waals surface area contributed by atoms with E-state index in [1.54, 1.807) is 0 Å². The fourth-order valence-corrected chi connectivity index (χ4v) is 4.59. The topological polar surface area (TPSA) is 38.1 Å². The van der Waals surface area contributed by atoms with Crippen molar-refractivity contribution in [2.75, 3.05) is 11.4 Å². The number of benzene rings is 2. The van der Waals surface area contributed by atoms with Crippen LogP contribution in [-0.4, -0.2) is 22.0 Å². The molecular formula is C23H27N3O. The van der Waals surface area contributed by atoms with Gasteiger partial charge in [0.15, 0.2) is 0 Å². The Morgan fingerprint density at radius 3 is 2.41 bits per heavy atom. The first-order chi connectivity index (χ1) is 12.9. The minimum Gasteiger partial charge on any atom is -0.325 e. The molecule has 0 spiro atoms. The van der Waals surface area contributed by atoms with Gasteiger partial charge in [-0.25, -0.2) is 4.98 Å². The lowest BCUT2D eigenvalue weighted by Gasteiger charge is -2.22. The molecule has 1 aliphatic rings. The van der Waals surface area contributed by atoms with Gasteiger partial charge in [-0.1, -0.05) is 29.8 Å². The zero-order valence-electron chi connectivity index (χ0n) is 16.8. The molecule has 0 bridgehead atoms. The molecule has 0 saturated carbocycles. The van der Waals surface area contributed by atoms with Crippen LogP contribution in [0.5, 0.6) is 0 Å². The predicted octanol–water partition coefficient (Wildman–Crippen LogP) is 5.06. The summed E-state index contributed by atoms with van der Waals surface area (Å²) in [6.45, 7) is 11.3. The number of fused-ring (bicyclic) bond motifs is 1. The molecule has 0 radical (unpaired) electrons. The predicted molar refractivity (Wildman–Crippen MR) is 110 cm³/mol.